The van der Waals surface area contributed by atoms with Crippen molar-refractivity contribution < 1.29 is 4.74 Å². The Morgan fingerprint density at radius 3 is 2.75 bits per heavy atom. The number of hydrogen-bond donors (Lipinski definition) is 0. The minimum Gasteiger partial charge on any atom is -0.377 e. The zero-order chi connectivity index (χ0) is 8.23. The second-order valence-corrected chi connectivity index (χ2v) is 2.68. The Balaban J connectivity index is 2.24. The van der Waals surface area contributed by atoms with E-state index in [0.717, 1.165) is 18.6 Å². The zero-order valence-corrected chi connectivity index (χ0v) is 6.73. The van der Waals surface area contributed by atoms with Crippen LogP contribution in [0.2, 0.25) is 0 Å². The predicted molar refractivity (Wildman–Crippen MR) is 45.4 cm³/mol. The first kappa shape index (κ1) is 7.43. The van der Waals surface area contributed by atoms with Gasteiger partial charge >= 0.3 is 0 Å². The maximum absolute atomic E-state index is 5.20. The van der Waals surface area contributed by atoms with Gasteiger partial charge in [-0.05, 0) is 12.0 Å². The van der Waals surface area contributed by atoms with Crippen molar-refractivity contribution in [2.75, 3.05) is 13.2 Å². The van der Waals surface area contributed by atoms with Crippen LogP contribution in [0.15, 0.2) is 24.8 Å². The van der Waals surface area contributed by atoms with E-state index in [0.29, 0.717) is 6.61 Å². The fourth-order valence-corrected chi connectivity index (χ4v) is 1.25. The third kappa shape index (κ3) is 1.51. The van der Waals surface area contributed by atoms with Gasteiger partial charge in [0, 0.05) is 18.0 Å². The molecule has 0 aromatic carbocycles. The molecule has 3 heteroatoms. The van der Waals surface area contributed by atoms with Gasteiger partial charge in [0.15, 0.2) is 0 Å². The standard InChI is InChI=1S/C9H10N2O/c1-3-12-4-2-8(1)9-5-10-7-11-6-9/h1,5-7H,2-4H2. The van der Waals surface area contributed by atoms with E-state index < -0.39 is 0 Å². The van der Waals surface area contributed by atoms with Crippen LogP contribution in [0.5, 0.6) is 0 Å². The summed E-state index contributed by atoms with van der Waals surface area (Å²) in [4.78, 5) is 7.93. The van der Waals surface area contributed by atoms with Crippen molar-refractivity contribution in [1.29, 1.82) is 0 Å². The van der Waals surface area contributed by atoms with Crippen LogP contribution < -0.4 is 0 Å². The van der Waals surface area contributed by atoms with Gasteiger partial charge in [-0.3, -0.25) is 0 Å². The molecule has 0 fully saturated rings. The molecular weight excluding hydrogens is 152 g/mol. The molecule has 1 aliphatic heterocycles. The first-order chi connectivity index (χ1) is 5.97. The highest BCUT2D eigenvalue weighted by molar-refractivity contribution is 5.64. The van der Waals surface area contributed by atoms with E-state index in [2.05, 4.69) is 16.0 Å². The van der Waals surface area contributed by atoms with Gasteiger partial charge < -0.3 is 4.74 Å². The van der Waals surface area contributed by atoms with E-state index in [-0.39, 0.29) is 0 Å². The van der Waals surface area contributed by atoms with Gasteiger partial charge in [-0.2, -0.15) is 0 Å². The van der Waals surface area contributed by atoms with Crippen molar-refractivity contribution in [1.82, 2.24) is 9.97 Å². The lowest BCUT2D eigenvalue weighted by Gasteiger charge is -2.12. The molecule has 0 atom stereocenters. The number of nitrogens with zero attached hydrogens (tertiary/aromatic N) is 2. The lowest BCUT2D eigenvalue weighted by atomic mass is 10.1. The van der Waals surface area contributed by atoms with Crippen molar-refractivity contribution >= 4 is 5.57 Å². The highest BCUT2D eigenvalue weighted by Gasteiger charge is 2.05. The number of rotatable bonds is 1. The summed E-state index contributed by atoms with van der Waals surface area (Å²) < 4.78 is 5.20. The third-order valence-electron chi connectivity index (χ3n) is 1.89. The van der Waals surface area contributed by atoms with Gasteiger partial charge in [0.05, 0.1) is 13.2 Å². The van der Waals surface area contributed by atoms with Crippen molar-refractivity contribution in [3.8, 4) is 0 Å². The number of ether oxygens (including phenoxy) is 1. The van der Waals surface area contributed by atoms with Crippen LogP contribution >= 0.6 is 0 Å². The molecule has 0 unspecified atom stereocenters. The Morgan fingerprint density at radius 2 is 2.08 bits per heavy atom. The Hall–Kier alpha value is -1.22. The molecule has 1 aromatic rings. The van der Waals surface area contributed by atoms with Crippen molar-refractivity contribution in [2.24, 2.45) is 0 Å². The maximum atomic E-state index is 5.20. The average Bonchev–Trinajstić information content (AvgIpc) is 2.21. The Morgan fingerprint density at radius 1 is 1.25 bits per heavy atom. The minimum atomic E-state index is 0.713. The molecule has 0 amide bonds. The van der Waals surface area contributed by atoms with E-state index in [4.69, 9.17) is 4.74 Å². The summed E-state index contributed by atoms with van der Waals surface area (Å²) in [6, 6.07) is 0. The SMILES string of the molecule is C1=C(c2cncnc2)CCOC1. The Labute approximate surface area is 71.1 Å². The van der Waals surface area contributed by atoms with Crippen LogP contribution in [-0.4, -0.2) is 23.2 Å². The van der Waals surface area contributed by atoms with Gasteiger partial charge in [-0.15, -0.1) is 0 Å². The zero-order valence-electron chi connectivity index (χ0n) is 6.73. The molecule has 0 bridgehead atoms. The summed E-state index contributed by atoms with van der Waals surface area (Å²) in [6.07, 6.45) is 8.27. The molecule has 0 radical (unpaired) electrons. The highest BCUT2D eigenvalue weighted by atomic mass is 16.5. The molecule has 1 aliphatic rings. The Kier molecular flexibility index (Phi) is 2.14. The summed E-state index contributed by atoms with van der Waals surface area (Å²) in [5.41, 5.74) is 2.41. The van der Waals surface area contributed by atoms with E-state index in [9.17, 15) is 0 Å². The molecule has 12 heavy (non-hydrogen) atoms. The lowest BCUT2D eigenvalue weighted by molar-refractivity contribution is 0.161. The Bertz CT molecular complexity index is 282. The molecule has 0 saturated carbocycles. The van der Waals surface area contributed by atoms with Crippen LogP contribution in [0.4, 0.5) is 0 Å². The first-order valence-corrected chi connectivity index (χ1v) is 3.99. The van der Waals surface area contributed by atoms with Gasteiger partial charge in [-0.1, -0.05) is 6.08 Å². The highest BCUT2D eigenvalue weighted by Crippen LogP contribution is 2.18. The average molecular weight is 162 g/mol. The quantitative estimate of drug-likeness (QED) is 0.624. The molecule has 3 nitrogen and oxygen atoms in total. The van der Waals surface area contributed by atoms with Gasteiger partial charge in [0.25, 0.3) is 0 Å². The summed E-state index contributed by atoms with van der Waals surface area (Å²) >= 11 is 0. The van der Waals surface area contributed by atoms with Crippen molar-refractivity contribution in [3.63, 3.8) is 0 Å². The van der Waals surface area contributed by atoms with Crippen molar-refractivity contribution in [2.45, 2.75) is 6.42 Å². The van der Waals surface area contributed by atoms with Crippen LogP contribution in [0.25, 0.3) is 5.57 Å². The molecule has 2 heterocycles. The number of hydrogen-bond acceptors (Lipinski definition) is 3. The number of aromatic nitrogens is 2. The van der Waals surface area contributed by atoms with E-state index in [1.165, 1.54) is 5.57 Å². The van der Waals surface area contributed by atoms with Crippen LogP contribution in [0.1, 0.15) is 12.0 Å². The first-order valence-electron chi connectivity index (χ1n) is 3.99. The van der Waals surface area contributed by atoms with Crippen LogP contribution in [0.3, 0.4) is 0 Å². The molecule has 62 valence electrons. The fourth-order valence-electron chi connectivity index (χ4n) is 1.25. The van der Waals surface area contributed by atoms with Crippen molar-refractivity contribution in [3.05, 3.63) is 30.4 Å². The van der Waals surface area contributed by atoms with E-state index in [1.807, 2.05) is 12.4 Å². The van der Waals surface area contributed by atoms with Gasteiger partial charge in [0.2, 0.25) is 0 Å². The predicted octanol–water partition coefficient (Wildman–Crippen LogP) is 1.28. The summed E-state index contributed by atoms with van der Waals surface area (Å²) in [5.74, 6) is 0. The normalized spacial score (nSPS) is 17.2. The fraction of sp³-hybridized carbons (Fsp3) is 0.333. The van der Waals surface area contributed by atoms with Crippen LogP contribution in [-0.2, 0) is 4.74 Å². The molecule has 0 N–H and O–H groups in total. The second kappa shape index (κ2) is 3.45. The topological polar surface area (TPSA) is 35.0 Å². The second-order valence-electron chi connectivity index (χ2n) is 2.68. The molecule has 2 rings (SSSR count). The van der Waals surface area contributed by atoms with E-state index >= 15 is 0 Å². The lowest BCUT2D eigenvalue weighted by Crippen LogP contribution is -2.03. The van der Waals surface area contributed by atoms with Crippen LogP contribution in [0, 0.1) is 0 Å². The molecule has 0 saturated heterocycles. The summed E-state index contributed by atoms with van der Waals surface area (Å²) in [5, 5.41) is 0. The monoisotopic (exact) mass is 162 g/mol. The maximum Gasteiger partial charge on any atom is 0.115 e. The van der Waals surface area contributed by atoms with Gasteiger partial charge in [-0.25, -0.2) is 9.97 Å². The molecule has 1 aromatic heterocycles. The van der Waals surface area contributed by atoms with Gasteiger partial charge in [0.1, 0.15) is 6.33 Å². The smallest absolute Gasteiger partial charge is 0.115 e. The van der Waals surface area contributed by atoms with E-state index in [1.54, 1.807) is 6.33 Å². The largest absolute Gasteiger partial charge is 0.377 e. The molecular formula is C9H10N2O. The summed E-state index contributed by atoms with van der Waals surface area (Å²) in [6.45, 7) is 1.52. The summed E-state index contributed by atoms with van der Waals surface area (Å²) in [7, 11) is 0. The third-order valence-corrected chi connectivity index (χ3v) is 1.89. The minimum absolute atomic E-state index is 0.713. The molecule has 0 spiro atoms. The molecule has 0 aliphatic carbocycles.